The van der Waals surface area contributed by atoms with Gasteiger partial charge in [-0.1, -0.05) is 336 Å². The molecular weight excluding hydrogens is 863 g/mol. The first-order valence-corrected chi connectivity index (χ1v) is 32.1. The zero-order valence-electron chi connectivity index (χ0n) is 47.3. The van der Waals surface area contributed by atoms with Crippen LogP contribution in [-0.2, 0) is 0 Å². The minimum atomic E-state index is 0. The molecule has 0 saturated heterocycles. The monoisotopic (exact) mass is 994 g/mol. The molecule has 0 fully saturated rings. The quantitative estimate of drug-likeness (QED) is 0.0421. The highest BCUT2D eigenvalue weighted by atomic mass is 79.9. The fraction of sp³-hybridized carbons (Fsp3) is 1.00. The van der Waals surface area contributed by atoms with E-state index < -0.39 is 0 Å². The van der Waals surface area contributed by atoms with Crippen molar-refractivity contribution in [1.29, 1.82) is 0 Å². The molecule has 0 aliphatic rings. The van der Waals surface area contributed by atoms with Crippen LogP contribution in [0.4, 0.5) is 0 Å². The van der Waals surface area contributed by atoms with Crippen LogP contribution in [0.2, 0.25) is 0 Å². The van der Waals surface area contributed by atoms with Crippen LogP contribution in [0.15, 0.2) is 0 Å². The van der Waals surface area contributed by atoms with Gasteiger partial charge in [-0.3, -0.25) is 0 Å². The van der Waals surface area contributed by atoms with Gasteiger partial charge in [0, 0.05) is 0 Å². The third-order valence-corrected chi connectivity index (χ3v) is 15.9. The molecule has 0 unspecified atom stereocenters. The number of quaternary nitrogens is 1. The van der Waals surface area contributed by atoms with Gasteiger partial charge in [0.1, 0.15) is 0 Å². The van der Waals surface area contributed by atoms with Crippen LogP contribution in [0.3, 0.4) is 0 Å². The summed E-state index contributed by atoms with van der Waals surface area (Å²) in [5, 5.41) is 0. The standard InChI is InChI=1S/C64H132N.BrH/c1-5-9-13-17-21-25-29-33-37-41-45-49-53-57-61-65(62-58-54-50-46-42-38-34-30-26-22-18-14-10-6-2,63-59-55-51-47-43-39-35-31-27-23-19-15-11-7-3)64-60-56-52-48-44-40-36-32-28-24-20-16-12-8-4;/h5-64H2,1-4H3;1H/q+1;/p-1. The molecule has 0 saturated carbocycles. The number of hydrogen-bond donors (Lipinski definition) is 0. The Morgan fingerprint density at radius 1 is 0.136 bits per heavy atom. The molecule has 1 nitrogen and oxygen atoms in total. The first-order valence-electron chi connectivity index (χ1n) is 32.1. The van der Waals surface area contributed by atoms with Crippen molar-refractivity contribution in [2.45, 2.75) is 387 Å². The molecule has 0 aliphatic heterocycles. The Morgan fingerprint density at radius 2 is 0.227 bits per heavy atom. The summed E-state index contributed by atoms with van der Waals surface area (Å²) in [6.45, 7) is 15.3. The van der Waals surface area contributed by atoms with Gasteiger partial charge in [-0.2, -0.15) is 0 Å². The van der Waals surface area contributed by atoms with E-state index in [-0.39, 0.29) is 17.0 Å². The summed E-state index contributed by atoms with van der Waals surface area (Å²) in [6.07, 6.45) is 82.7. The highest BCUT2D eigenvalue weighted by Crippen LogP contribution is 2.23. The van der Waals surface area contributed by atoms with Gasteiger partial charge in [0.05, 0.1) is 26.2 Å². The molecular formula is C64H132BrN. The predicted molar refractivity (Wildman–Crippen MR) is 301 cm³/mol. The van der Waals surface area contributed by atoms with Crippen LogP contribution in [0.1, 0.15) is 387 Å². The molecule has 0 N–H and O–H groups in total. The molecule has 0 aromatic heterocycles. The average molecular weight is 996 g/mol. The third-order valence-electron chi connectivity index (χ3n) is 15.9. The number of nitrogens with zero attached hydrogens (tertiary/aromatic N) is 1. The van der Waals surface area contributed by atoms with Crippen LogP contribution in [-0.4, -0.2) is 30.7 Å². The minimum absolute atomic E-state index is 0. The topological polar surface area (TPSA) is 0 Å². The second-order valence-electron chi connectivity index (χ2n) is 22.6. The molecule has 0 rings (SSSR count). The molecule has 66 heavy (non-hydrogen) atoms. The van der Waals surface area contributed by atoms with E-state index in [1.807, 2.05) is 0 Å². The average Bonchev–Trinajstić information content (AvgIpc) is 3.32. The Morgan fingerprint density at radius 3 is 0.333 bits per heavy atom. The highest BCUT2D eigenvalue weighted by molar-refractivity contribution is 4.58. The smallest absolute Gasteiger partial charge is 0.0786 e. The summed E-state index contributed by atoms with van der Waals surface area (Å²) in [6, 6.07) is 0. The molecule has 0 aliphatic carbocycles. The van der Waals surface area contributed by atoms with Gasteiger partial charge in [-0.15, -0.1) is 0 Å². The third kappa shape index (κ3) is 55.4. The van der Waals surface area contributed by atoms with Crippen LogP contribution in [0.25, 0.3) is 0 Å². The maximum absolute atomic E-state index is 2.33. The molecule has 400 valence electrons. The van der Waals surface area contributed by atoms with Gasteiger partial charge in [0.25, 0.3) is 0 Å². The lowest BCUT2D eigenvalue weighted by atomic mass is 10.0. The van der Waals surface area contributed by atoms with Gasteiger partial charge in [0.15, 0.2) is 0 Å². The van der Waals surface area contributed by atoms with Gasteiger partial charge >= 0.3 is 0 Å². The van der Waals surface area contributed by atoms with E-state index in [1.165, 1.54) is 390 Å². The lowest BCUT2D eigenvalue weighted by Gasteiger charge is -2.40. The molecule has 0 spiro atoms. The van der Waals surface area contributed by atoms with Crippen molar-refractivity contribution in [3.05, 3.63) is 0 Å². The molecule has 0 bridgehead atoms. The van der Waals surface area contributed by atoms with E-state index in [0.29, 0.717) is 0 Å². The van der Waals surface area contributed by atoms with Crippen molar-refractivity contribution < 1.29 is 21.5 Å². The summed E-state index contributed by atoms with van der Waals surface area (Å²) in [5.41, 5.74) is 0. The van der Waals surface area contributed by atoms with Crippen molar-refractivity contribution in [3.63, 3.8) is 0 Å². The van der Waals surface area contributed by atoms with Crippen LogP contribution in [0, 0.1) is 0 Å². The first-order chi connectivity index (χ1) is 32.2. The Hall–Kier alpha value is 0.440. The van der Waals surface area contributed by atoms with E-state index in [1.54, 1.807) is 0 Å². The Labute approximate surface area is 432 Å². The largest absolute Gasteiger partial charge is 1.00 e. The predicted octanol–water partition coefficient (Wildman–Crippen LogP) is 20.7. The number of rotatable bonds is 60. The molecule has 2 heteroatoms. The summed E-state index contributed by atoms with van der Waals surface area (Å²) >= 11 is 0. The lowest BCUT2D eigenvalue weighted by molar-refractivity contribution is -0.929. The minimum Gasteiger partial charge on any atom is -1.00 e. The van der Waals surface area contributed by atoms with Crippen molar-refractivity contribution in [2.75, 3.05) is 26.2 Å². The maximum atomic E-state index is 2.33. The second-order valence-corrected chi connectivity index (χ2v) is 22.6. The van der Waals surface area contributed by atoms with Crippen molar-refractivity contribution in [1.82, 2.24) is 0 Å². The van der Waals surface area contributed by atoms with Gasteiger partial charge in [0.2, 0.25) is 0 Å². The fourth-order valence-electron chi connectivity index (χ4n) is 11.2. The van der Waals surface area contributed by atoms with Crippen molar-refractivity contribution in [2.24, 2.45) is 0 Å². The van der Waals surface area contributed by atoms with Gasteiger partial charge < -0.3 is 21.5 Å². The van der Waals surface area contributed by atoms with Crippen molar-refractivity contribution >= 4 is 0 Å². The fourth-order valence-corrected chi connectivity index (χ4v) is 11.2. The van der Waals surface area contributed by atoms with E-state index in [2.05, 4.69) is 27.7 Å². The zero-order valence-corrected chi connectivity index (χ0v) is 48.8. The SMILES string of the molecule is CCCCCCCCCCCCCCCC[N+](CCCCCCCCCCCCCCCC)(CCCCCCCCCCCCCCCC)CCCCCCCCCCCCCCCC.[Br-]. The lowest BCUT2D eigenvalue weighted by Crippen LogP contribution is -3.00. The van der Waals surface area contributed by atoms with Crippen LogP contribution >= 0.6 is 0 Å². The Kier molecular flexibility index (Phi) is 63.9. The van der Waals surface area contributed by atoms with Crippen molar-refractivity contribution in [3.8, 4) is 0 Å². The van der Waals surface area contributed by atoms with E-state index >= 15 is 0 Å². The highest BCUT2D eigenvalue weighted by Gasteiger charge is 2.26. The normalized spacial score (nSPS) is 11.8. The van der Waals surface area contributed by atoms with Gasteiger partial charge in [-0.25, -0.2) is 0 Å². The summed E-state index contributed by atoms with van der Waals surface area (Å²) < 4.78 is 1.49. The molecule has 0 radical (unpaired) electrons. The number of halogens is 1. The van der Waals surface area contributed by atoms with Crippen LogP contribution < -0.4 is 17.0 Å². The summed E-state index contributed by atoms with van der Waals surface area (Å²) in [4.78, 5) is 0. The van der Waals surface area contributed by atoms with Gasteiger partial charge in [-0.05, 0) is 51.4 Å². The van der Waals surface area contributed by atoms with E-state index in [9.17, 15) is 0 Å². The maximum Gasteiger partial charge on any atom is 0.0786 e. The zero-order chi connectivity index (χ0) is 46.9. The molecule has 0 aromatic carbocycles. The van der Waals surface area contributed by atoms with E-state index in [0.717, 1.165) is 0 Å². The number of unbranched alkanes of at least 4 members (excludes halogenated alkanes) is 52. The number of hydrogen-bond acceptors (Lipinski definition) is 0. The molecule has 0 heterocycles. The van der Waals surface area contributed by atoms with Crippen LogP contribution in [0.5, 0.6) is 0 Å². The molecule has 0 atom stereocenters. The Balaban J connectivity index is 0. The second kappa shape index (κ2) is 61.6. The summed E-state index contributed by atoms with van der Waals surface area (Å²) in [5.74, 6) is 0. The summed E-state index contributed by atoms with van der Waals surface area (Å²) in [7, 11) is 0. The Bertz CT molecular complexity index is 677. The molecule has 0 aromatic rings. The van der Waals surface area contributed by atoms with E-state index in [4.69, 9.17) is 0 Å². The molecule has 0 amide bonds. The first kappa shape index (κ1) is 68.5.